The zero-order chi connectivity index (χ0) is 12.5. The van der Waals surface area contributed by atoms with Crippen LogP contribution in [0.5, 0.6) is 0 Å². The highest BCUT2D eigenvalue weighted by Crippen LogP contribution is 2.12. The van der Waals surface area contributed by atoms with E-state index in [1.807, 2.05) is 4.90 Å². The minimum atomic E-state index is 0.0801. The Kier molecular flexibility index (Phi) is 7.25. The average Bonchev–Trinajstić information content (AvgIpc) is 2.61. The van der Waals surface area contributed by atoms with E-state index in [1.54, 1.807) is 0 Å². The zero-order valence-electron chi connectivity index (χ0n) is 11.3. The van der Waals surface area contributed by atoms with Crippen LogP contribution in [0.2, 0.25) is 0 Å². The van der Waals surface area contributed by atoms with Crippen LogP contribution >= 0.6 is 0 Å². The van der Waals surface area contributed by atoms with E-state index >= 15 is 0 Å². The van der Waals surface area contributed by atoms with E-state index < -0.39 is 0 Å². The van der Waals surface area contributed by atoms with Gasteiger partial charge in [-0.25, -0.2) is 0 Å². The first-order chi connectivity index (χ1) is 8.24. The number of unbranched alkanes of at least 4 members (excludes halogenated alkanes) is 7. The molecule has 1 aliphatic rings. The van der Waals surface area contributed by atoms with E-state index in [2.05, 4.69) is 6.92 Å². The van der Waals surface area contributed by atoms with Crippen molar-refractivity contribution < 1.29 is 4.79 Å². The second-order valence-corrected chi connectivity index (χ2v) is 5.28. The molecular weight excluding hydrogens is 212 g/mol. The minimum Gasteiger partial charge on any atom is -0.341 e. The van der Waals surface area contributed by atoms with Crippen molar-refractivity contribution in [3.8, 4) is 0 Å². The summed E-state index contributed by atoms with van der Waals surface area (Å²) >= 11 is 0. The number of nitrogens with zero attached hydrogens (tertiary/aromatic N) is 1. The Morgan fingerprint density at radius 1 is 1.12 bits per heavy atom. The predicted molar refractivity (Wildman–Crippen MR) is 71.8 cm³/mol. The molecule has 2 N–H and O–H groups in total. The van der Waals surface area contributed by atoms with Gasteiger partial charge in [-0.3, -0.25) is 4.79 Å². The van der Waals surface area contributed by atoms with Gasteiger partial charge in [0.15, 0.2) is 0 Å². The Hall–Kier alpha value is -0.570. The fourth-order valence-corrected chi connectivity index (χ4v) is 2.46. The van der Waals surface area contributed by atoms with Crippen LogP contribution < -0.4 is 5.73 Å². The molecule has 0 aromatic heterocycles. The third-order valence-electron chi connectivity index (χ3n) is 3.53. The van der Waals surface area contributed by atoms with Crippen molar-refractivity contribution in [1.82, 2.24) is 4.90 Å². The molecule has 1 aliphatic heterocycles. The van der Waals surface area contributed by atoms with Gasteiger partial charge in [0.05, 0.1) is 0 Å². The van der Waals surface area contributed by atoms with Crippen LogP contribution in [0.3, 0.4) is 0 Å². The average molecular weight is 240 g/mol. The first-order valence-corrected chi connectivity index (χ1v) is 7.27. The summed E-state index contributed by atoms with van der Waals surface area (Å²) in [5.41, 5.74) is 5.75. The highest BCUT2D eigenvalue weighted by atomic mass is 16.2. The Morgan fingerprint density at radius 2 is 1.71 bits per heavy atom. The van der Waals surface area contributed by atoms with Crippen molar-refractivity contribution in [2.24, 2.45) is 5.73 Å². The number of nitrogens with two attached hydrogens (primary N) is 1. The van der Waals surface area contributed by atoms with Crippen LogP contribution in [0.4, 0.5) is 0 Å². The number of rotatable bonds is 9. The summed E-state index contributed by atoms with van der Waals surface area (Å²) in [6, 6.07) is 0.0801. The number of carbonyl (C=O) groups is 1. The molecule has 17 heavy (non-hydrogen) atoms. The second kappa shape index (κ2) is 8.51. The standard InChI is InChI=1S/C14H28N2O/c1-2-3-4-5-6-7-8-9-10-16-12-13(15)11-14(16)17/h13H,2-12,15H2,1H3. The van der Waals surface area contributed by atoms with Crippen LogP contribution in [0, 0.1) is 0 Å². The van der Waals surface area contributed by atoms with Crippen LogP contribution in [-0.2, 0) is 4.79 Å². The van der Waals surface area contributed by atoms with Gasteiger partial charge in [0.25, 0.3) is 0 Å². The largest absolute Gasteiger partial charge is 0.341 e. The van der Waals surface area contributed by atoms with Crippen molar-refractivity contribution >= 4 is 5.91 Å². The van der Waals surface area contributed by atoms with E-state index in [4.69, 9.17) is 5.73 Å². The van der Waals surface area contributed by atoms with Crippen LogP contribution in [0.15, 0.2) is 0 Å². The first kappa shape index (κ1) is 14.5. The minimum absolute atomic E-state index is 0.0801. The van der Waals surface area contributed by atoms with Crippen molar-refractivity contribution in [1.29, 1.82) is 0 Å². The highest BCUT2D eigenvalue weighted by Gasteiger charge is 2.25. The lowest BCUT2D eigenvalue weighted by molar-refractivity contribution is -0.127. The van der Waals surface area contributed by atoms with Gasteiger partial charge < -0.3 is 10.6 Å². The lowest BCUT2D eigenvalue weighted by atomic mass is 10.1. The van der Waals surface area contributed by atoms with Crippen molar-refractivity contribution in [2.45, 2.75) is 70.8 Å². The Bertz CT molecular complexity index is 218. The molecule has 0 bridgehead atoms. The number of hydrogen-bond acceptors (Lipinski definition) is 2. The van der Waals surface area contributed by atoms with E-state index in [0.717, 1.165) is 19.5 Å². The predicted octanol–water partition coefficient (Wildman–Crippen LogP) is 2.69. The molecule has 0 saturated carbocycles. The van der Waals surface area contributed by atoms with E-state index in [9.17, 15) is 4.79 Å². The second-order valence-electron chi connectivity index (χ2n) is 5.28. The molecular formula is C14H28N2O. The number of hydrogen-bond donors (Lipinski definition) is 1. The van der Waals surface area contributed by atoms with Gasteiger partial charge in [-0.2, -0.15) is 0 Å². The number of amides is 1. The third-order valence-corrected chi connectivity index (χ3v) is 3.53. The van der Waals surface area contributed by atoms with Gasteiger partial charge in [-0.05, 0) is 6.42 Å². The van der Waals surface area contributed by atoms with Gasteiger partial charge in [0, 0.05) is 25.6 Å². The quantitative estimate of drug-likeness (QED) is 0.630. The molecule has 0 radical (unpaired) electrons. The topological polar surface area (TPSA) is 46.3 Å². The monoisotopic (exact) mass is 240 g/mol. The first-order valence-electron chi connectivity index (χ1n) is 7.27. The summed E-state index contributed by atoms with van der Waals surface area (Å²) < 4.78 is 0. The smallest absolute Gasteiger partial charge is 0.224 e. The number of carbonyl (C=O) groups excluding carboxylic acids is 1. The molecule has 1 atom stereocenters. The van der Waals surface area contributed by atoms with Gasteiger partial charge in [0.2, 0.25) is 5.91 Å². The molecule has 100 valence electrons. The zero-order valence-corrected chi connectivity index (χ0v) is 11.3. The molecule has 3 nitrogen and oxygen atoms in total. The molecule has 1 fully saturated rings. The van der Waals surface area contributed by atoms with Crippen LogP contribution in [0.1, 0.15) is 64.7 Å². The Labute approximate surface area is 106 Å². The molecule has 1 rings (SSSR count). The molecule has 1 heterocycles. The van der Waals surface area contributed by atoms with Gasteiger partial charge in [0.1, 0.15) is 0 Å². The summed E-state index contributed by atoms with van der Waals surface area (Å²) in [5.74, 6) is 0.250. The maximum atomic E-state index is 11.5. The molecule has 1 saturated heterocycles. The normalized spacial score (nSPS) is 20.2. The molecule has 0 aliphatic carbocycles. The van der Waals surface area contributed by atoms with Gasteiger partial charge in [-0.1, -0.05) is 51.9 Å². The van der Waals surface area contributed by atoms with Crippen molar-refractivity contribution in [2.75, 3.05) is 13.1 Å². The summed E-state index contributed by atoms with van der Waals surface area (Å²) in [4.78, 5) is 13.4. The van der Waals surface area contributed by atoms with E-state index in [-0.39, 0.29) is 11.9 Å². The number of likely N-dealkylation sites (tertiary alicyclic amines) is 1. The molecule has 0 aromatic rings. The summed E-state index contributed by atoms with van der Waals surface area (Å²) in [6.07, 6.45) is 11.1. The fraction of sp³-hybridized carbons (Fsp3) is 0.929. The lowest BCUT2D eigenvalue weighted by Gasteiger charge is -2.15. The maximum absolute atomic E-state index is 11.5. The Morgan fingerprint density at radius 3 is 2.24 bits per heavy atom. The van der Waals surface area contributed by atoms with E-state index in [1.165, 1.54) is 44.9 Å². The lowest BCUT2D eigenvalue weighted by Crippen LogP contribution is -2.29. The van der Waals surface area contributed by atoms with Gasteiger partial charge >= 0.3 is 0 Å². The highest BCUT2D eigenvalue weighted by molar-refractivity contribution is 5.79. The molecule has 1 unspecified atom stereocenters. The fourth-order valence-electron chi connectivity index (χ4n) is 2.46. The SMILES string of the molecule is CCCCCCCCCCN1CC(N)CC1=O. The van der Waals surface area contributed by atoms with Crippen LogP contribution in [-0.4, -0.2) is 29.9 Å². The maximum Gasteiger partial charge on any atom is 0.224 e. The summed E-state index contributed by atoms with van der Waals surface area (Å²) in [5, 5.41) is 0. The van der Waals surface area contributed by atoms with Crippen molar-refractivity contribution in [3.05, 3.63) is 0 Å². The molecule has 0 aromatic carbocycles. The van der Waals surface area contributed by atoms with Crippen LogP contribution in [0.25, 0.3) is 0 Å². The molecule has 0 spiro atoms. The van der Waals surface area contributed by atoms with Gasteiger partial charge in [-0.15, -0.1) is 0 Å². The molecule has 1 amide bonds. The molecule has 3 heteroatoms. The Balaban J connectivity index is 1.89. The van der Waals surface area contributed by atoms with Crippen molar-refractivity contribution in [3.63, 3.8) is 0 Å². The van der Waals surface area contributed by atoms with E-state index in [0.29, 0.717) is 6.42 Å². The third kappa shape index (κ3) is 6.06. The summed E-state index contributed by atoms with van der Waals surface area (Å²) in [6.45, 7) is 3.94. The summed E-state index contributed by atoms with van der Waals surface area (Å²) in [7, 11) is 0.